The van der Waals surface area contributed by atoms with Crippen LogP contribution in [0, 0.1) is 13.8 Å². The van der Waals surface area contributed by atoms with Gasteiger partial charge in [0.25, 0.3) is 0 Å². The first-order valence-electron chi connectivity index (χ1n) is 7.64. The van der Waals surface area contributed by atoms with E-state index < -0.39 is 0 Å². The Labute approximate surface area is 126 Å². The second-order valence-corrected chi connectivity index (χ2v) is 5.78. The van der Waals surface area contributed by atoms with Gasteiger partial charge < -0.3 is 10.2 Å². The molecule has 0 aromatic heterocycles. The third-order valence-electron chi connectivity index (χ3n) is 4.30. The Morgan fingerprint density at radius 1 is 1.10 bits per heavy atom. The fourth-order valence-electron chi connectivity index (χ4n) is 2.79. The molecule has 1 saturated heterocycles. The normalized spacial score (nSPS) is 22.4. The molecule has 2 amide bonds. The topological polar surface area (TPSA) is 49.4 Å². The number of benzene rings is 1. The third-order valence-corrected chi connectivity index (χ3v) is 4.30. The summed E-state index contributed by atoms with van der Waals surface area (Å²) in [6.07, 6.45) is 1.27. The first-order valence-corrected chi connectivity index (χ1v) is 7.64. The maximum Gasteiger partial charge on any atom is 0.246 e. The van der Waals surface area contributed by atoms with Crippen LogP contribution in [0.5, 0.6) is 0 Å². The summed E-state index contributed by atoms with van der Waals surface area (Å²) in [4.78, 5) is 26.4. The largest absolute Gasteiger partial charge is 0.343 e. The van der Waals surface area contributed by atoms with Gasteiger partial charge in [-0.1, -0.05) is 32.0 Å². The second-order valence-electron chi connectivity index (χ2n) is 5.78. The van der Waals surface area contributed by atoms with Crippen LogP contribution < -0.4 is 5.32 Å². The fraction of sp³-hybridized carbons (Fsp3) is 0.529. The molecule has 1 fully saturated rings. The van der Waals surface area contributed by atoms with E-state index >= 15 is 0 Å². The van der Waals surface area contributed by atoms with E-state index in [2.05, 4.69) is 31.3 Å². The zero-order valence-electron chi connectivity index (χ0n) is 13.3. The van der Waals surface area contributed by atoms with Gasteiger partial charge in [-0.15, -0.1) is 0 Å². The van der Waals surface area contributed by atoms with Crippen LogP contribution in [0.15, 0.2) is 18.2 Å². The first kappa shape index (κ1) is 15.5. The summed E-state index contributed by atoms with van der Waals surface area (Å²) >= 11 is 0. The van der Waals surface area contributed by atoms with Gasteiger partial charge in [0.1, 0.15) is 12.1 Å². The highest BCUT2D eigenvalue weighted by Crippen LogP contribution is 2.19. The van der Waals surface area contributed by atoms with Crippen molar-refractivity contribution in [2.45, 2.75) is 59.2 Å². The van der Waals surface area contributed by atoms with Crippen molar-refractivity contribution in [2.24, 2.45) is 0 Å². The number of nitrogens with one attached hydrogen (secondary N) is 1. The predicted octanol–water partition coefficient (Wildman–Crippen LogP) is 2.32. The molecule has 1 heterocycles. The molecule has 1 N–H and O–H groups in total. The molecule has 114 valence electrons. The SMILES string of the molecule is CCC1NC(=O)C(CC)N(Cc2ccc(C)c(C)c2)C1=O. The molecular weight excluding hydrogens is 264 g/mol. The van der Waals surface area contributed by atoms with E-state index in [9.17, 15) is 9.59 Å². The van der Waals surface area contributed by atoms with Crippen LogP contribution in [0.3, 0.4) is 0 Å². The molecule has 1 aliphatic heterocycles. The standard InChI is InChI=1S/C17H24N2O2/c1-5-14-17(21)19(15(6-2)16(20)18-14)10-13-8-7-11(3)12(4)9-13/h7-9,14-15H,5-6,10H2,1-4H3,(H,18,20). The van der Waals surface area contributed by atoms with Gasteiger partial charge >= 0.3 is 0 Å². The summed E-state index contributed by atoms with van der Waals surface area (Å²) in [6, 6.07) is 5.46. The molecule has 1 aliphatic rings. The highest BCUT2D eigenvalue weighted by Gasteiger charge is 2.38. The molecular formula is C17H24N2O2. The van der Waals surface area contributed by atoms with Crippen molar-refractivity contribution >= 4 is 11.8 Å². The van der Waals surface area contributed by atoms with Crippen LogP contribution in [-0.4, -0.2) is 28.8 Å². The molecule has 4 nitrogen and oxygen atoms in total. The number of hydrogen-bond acceptors (Lipinski definition) is 2. The van der Waals surface area contributed by atoms with Crippen molar-refractivity contribution in [2.75, 3.05) is 0 Å². The molecule has 21 heavy (non-hydrogen) atoms. The summed E-state index contributed by atoms with van der Waals surface area (Å²) < 4.78 is 0. The van der Waals surface area contributed by atoms with Crippen LogP contribution in [-0.2, 0) is 16.1 Å². The Kier molecular flexibility index (Phi) is 4.66. The van der Waals surface area contributed by atoms with Crippen molar-refractivity contribution in [1.82, 2.24) is 10.2 Å². The average Bonchev–Trinajstić information content (AvgIpc) is 2.46. The number of amides is 2. The Morgan fingerprint density at radius 3 is 2.38 bits per heavy atom. The number of rotatable bonds is 4. The van der Waals surface area contributed by atoms with Crippen molar-refractivity contribution < 1.29 is 9.59 Å². The van der Waals surface area contributed by atoms with E-state index in [4.69, 9.17) is 0 Å². The molecule has 0 aliphatic carbocycles. The third kappa shape index (κ3) is 3.09. The van der Waals surface area contributed by atoms with Crippen LogP contribution in [0.2, 0.25) is 0 Å². The maximum absolute atomic E-state index is 12.5. The lowest BCUT2D eigenvalue weighted by Gasteiger charge is -2.38. The fourth-order valence-corrected chi connectivity index (χ4v) is 2.79. The summed E-state index contributed by atoms with van der Waals surface area (Å²) in [5.74, 6) is -0.00467. The van der Waals surface area contributed by atoms with Crippen LogP contribution in [0.4, 0.5) is 0 Å². The molecule has 0 spiro atoms. The van der Waals surface area contributed by atoms with Gasteiger partial charge in [0, 0.05) is 6.54 Å². The Bertz CT molecular complexity index is 554. The van der Waals surface area contributed by atoms with Gasteiger partial charge in [-0.25, -0.2) is 0 Å². The van der Waals surface area contributed by atoms with Crippen molar-refractivity contribution in [3.05, 3.63) is 34.9 Å². The summed E-state index contributed by atoms with van der Waals surface area (Å²) in [5.41, 5.74) is 3.52. The molecule has 2 atom stereocenters. The number of piperazine rings is 1. The smallest absolute Gasteiger partial charge is 0.246 e. The van der Waals surface area contributed by atoms with Crippen LogP contribution in [0.25, 0.3) is 0 Å². The average molecular weight is 288 g/mol. The predicted molar refractivity (Wildman–Crippen MR) is 82.8 cm³/mol. The zero-order valence-corrected chi connectivity index (χ0v) is 13.3. The van der Waals surface area contributed by atoms with Gasteiger partial charge in [0.15, 0.2) is 0 Å². The summed E-state index contributed by atoms with van der Waals surface area (Å²) in [5, 5.41) is 2.82. The van der Waals surface area contributed by atoms with Crippen LogP contribution in [0.1, 0.15) is 43.4 Å². The molecule has 4 heteroatoms. The Balaban J connectivity index is 2.26. The van der Waals surface area contributed by atoms with Gasteiger partial charge in [0.2, 0.25) is 11.8 Å². The second kappa shape index (κ2) is 6.29. The highest BCUT2D eigenvalue weighted by atomic mass is 16.2. The van der Waals surface area contributed by atoms with E-state index in [1.807, 2.05) is 19.9 Å². The summed E-state index contributed by atoms with van der Waals surface area (Å²) in [6.45, 7) is 8.50. The number of carbonyl (C=O) groups excluding carboxylic acids is 2. The Morgan fingerprint density at radius 2 is 1.81 bits per heavy atom. The number of hydrogen-bond donors (Lipinski definition) is 1. The lowest BCUT2D eigenvalue weighted by atomic mass is 10.0. The van der Waals surface area contributed by atoms with E-state index in [-0.39, 0.29) is 23.9 Å². The van der Waals surface area contributed by atoms with Crippen molar-refractivity contribution in [3.8, 4) is 0 Å². The summed E-state index contributed by atoms with van der Waals surface area (Å²) in [7, 11) is 0. The maximum atomic E-state index is 12.5. The van der Waals surface area contributed by atoms with E-state index in [0.29, 0.717) is 19.4 Å². The quantitative estimate of drug-likeness (QED) is 0.924. The van der Waals surface area contributed by atoms with E-state index in [1.54, 1.807) is 4.90 Å². The zero-order chi connectivity index (χ0) is 15.6. The molecule has 0 radical (unpaired) electrons. The number of aryl methyl sites for hydroxylation is 2. The lowest BCUT2D eigenvalue weighted by molar-refractivity contribution is -0.150. The number of nitrogens with zero attached hydrogens (tertiary/aromatic N) is 1. The van der Waals surface area contributed by atoms with Gasteiger partial charge in [-0.3, -0.25) is 9.59 Å². The molecule has 2 rings (SSSR count). The monoisotopic (exact) mass is 288 g/mol. The molecule has 2 unspecified atom stereocenters. The van der Waals surface area contributed by atoms with E-state index in [0.717, 1.165) is 5.56 Å². The Hall–Kier alpha value is -1.84. The van der Waals surface area contributed by atoms with Crippen molar-refractivity contribution in [3.63, 3.8) is 0 Å². The minimum absolute atomic E-state index is 0.0298. The molecule has 0 saturated carbocycles. The highest BCUT2D eigenvalue weighted by molar-refractivity contribution is 5.96. The molecule has 1 aromatic rings. The first-order chi connectivity index (χ1) is 9.97. The van der Waals surface area contributed by atoms with Gasteiger partial charge in [-0.05, 0) is 43.4 Å². The van der Waals surface area contributed by atoms with Gasteiger partial charge in [0.05, 0.1) is 0 Å². The number of carbonyl (C=O) groups is 2. The minimum Gasteiger partial charge on any atom is -0.343 e. The van der Waals surface area contributed by atoms with Crippen molar-refractivity contribution in [1.29, 1.82) is 0 Å². The molecule has 0 bridgehead atoms. The minimum atomic E-state index is -0.383. The molecule has 1 aromatic carbocycles. The van der Waals surface area contributed by atoms with Crippen LogP contribution >= 0.6 is 0 Å². The lowest BCUT2D eigenvalue weighted by Crippen LogP contribution is -2.62. The van der Waals surface area contributed by atoms with E-state index in [1.165, 1.54) is 11.1 Å². The van der Waals surface area contributed by atoms with Gasteiger partial charge in [-0.2, -0.15) is 0 Å².